The summed E-state index contributed by atoms with van der Waals surface area (Å²) in [5, 5.41) is 15.7. The molecule has 7 nitrogen and oxygen atoms in total. The lowest BCUT2D eigenvalue weighted by Gasteiger charge is -2.26. The first-order valence-electron chi connectivity index (χ1n) is 10.7. The molecule has 0 fully saturated rings. The summed E-state index contributed by atoms with van der Waals surface area (Å²) in [5.41, 5.74) is 2.06. The van der Waals surface area contributed by atoms with Gasteiger partial charge in [0.25, 0.3) is 5.91 Å². The van der Waals surface area contributed by atoms with Gasteiger partial charge in [-0.25, -0.2) is 0 Å². The maximum atomic E-state index is 12.6. The highest BCUT2D eigenvalue weighted by Crippen LogP contribution is 2.30. The van der Waals surface area contributed by atoms with Gasteiger partial charge in [0.1, 0.15) is 0 Å². The van der Waals surface area contributed by atoms with Crippen molar-refractivity contribution in [3.8, 4) is 0 Å². The maximum Gasteiger partial charge on any atom is 0.305 e. The minimum absolute atomic E-state index is 0.0525. The molecule has 1 aromatic carbocycles. The van der Waals surface area contributed by atoms with Crippen molar-refractivity contribution in [2.75, 3.05) is 5.32 Å². The molecule has 33 heavy (non-hydrogen) atoms. The molecule has 0 saturated carbocycles. The molecule has 1 amide bonds. The van der Waals surface area contributed by atoms with E-state index in [1.807, 2.05) is 0 Å². The average molecular weight is 490 g/mol. The van der Waals surface area contributed by atoms with E-state index in [1.165, 1.54) is 12.4 Å². The molecule has 0 saturated heterocycles. The summed E-state index contributed by atoms with van der Waals surface area (Å²) in [6.07, 6.45) is 7.34. The van der Waals surface area contributed by atoms with Crippen molar-refractivity contribution in [3.05, 3.63) is 69.6 Å². The number of carboxylic acids is 1. The molecule has 2 unspecified atom stereocenters. The summed E-state index contributed by atoms with van der Waals surface area (Å²) in [4.78, 5) is 40.1. The van der Waals surface area contributed by atoms with Crippen LogP contribution in [0.1, 0.15) is 61.0 Å². The largest absolute Gasteiger partial charge is 0.481 e. The van der Waals surface area contributed by atoms with E-state index in [9.17, 15) is 19.5 Å². The van der Waals surface area contributed by atoms with Gasteiger partial charge in [-0.05, 0) is 36.5 Å². The number of aliphatic carboxylic acids is 1. The molecule has 9 heteroatoms. The zero-order valence-electron chi connectivity index (χ0n) is 18.1. The molecule has 3 N–H and O–H groups in total. The first-order valence-corrected chi connectivity index (χ1v) is 11.4. The zero-order chi connectivity index (χ0) is 24.0. The zero-order valence-corrected chi connectivity index (χ0v) is 19.6. The number of halogens is 2. The second-order valence-electron chi connectivity index (χ2n) is 8.05. The number of nitrogens with one attached hydrogen (secondary N) is 2. The molecule has 0 bridgehead atoms. The van der Waals surface area contributed by atoms with Crippen LogP contribution in [0.4, 0.5) is 5.69 Å². The molecular formula is C24H25Cl2N3O4. The Balaban J connectivity index is 1.75. The number of carbonyl (C=O) groups excluding carboxylic acids is 2. The Hall–Kier alpha value is -2.90. The van der Waals surface area contributed by atoms with Crippen molar-refractivity contribution in [2.45, 2.75) is 45.1 Å². The van der Waals surface area contributed by atoms with E-state index in [0.29, 0.717) is 24.0 Å². The predicted molar refractivity (Wildman–Crippen MR) is 128 cm³/mol. The predicted octanol–water partition coefficient (Wildman–Crippen LogP) is 5.41. The van der Waals surface area contributed by atoms with Gasteiger partial charge in [-0.3, -0.25) is 19.4 Å². The molecule has 0 aliphatic heterocycles. The van der Waals surface area contributed by atoms with Crippen LogP contribution >= 0.6 is 23.2 Å². The van der Waals surface area contributed by atoms with Gasteiger partial charge in [-0.1, -0.05) is 48.7 Å². The fraction of sp³-hybridized carbons (Fsp3) is 0.333. The molecule has 2 aromatic rings. The van der Waals surface area contributed by atoms with Crippen LogP contribution in [0.15, 0.2) is 48.4 Å². The van der Waals surface area contributed by atoms with Crippen LogP contribution in [-0.4, -0.2) is 27.8 Å². The van der Waals surface area contributed by atoms with E-state index in [1.54, 1.807) is 30.3 Å². The molecule has 2 atom stereocenters. The molecule has 1 aromatic heterocycles. The Morgan fingerprint density at radius 3 is 2.42 bits per heavy atom. The minimum atomic E-state index is -0.968. The van der Waals surface area contributed by atoms with E-state index in [4.69, 9.17) is 23.2 Å². The lowest BCUT2D eigenvalue weighted by Crippen LogP contribution is -2.28. The normalized spacial score (nSPS) is 16.6. The molecule has 0 spiro atoms. The SMILES string of the molecule is CCCC1CC(=O)C=C(NC(CC(=O)O)c2ccc(C(=O)Nc3c(Cl)cncc3Cl)cc2)C1. The van der Waals surface area contributed by atoms with Gasteiger partial charge in [0.05, 0.1) is 28.2 Å². The Morgan fingerprint density at radius 1 is 1.15 bits per heavy atom. The summed E-state index contributed by atoms with van der Waals surface area (Å²) in [5.74, 6) is -1.07. The smallest absolute Gasteiger partial charge is 0.305 e. The number of hydrogen-bond donors (Lipinski definition) is 3. The van der Waals surface area contributed by atoms with Gasteiger partial charge in [0.15, 0.2) is 5.78 Å². The lowest BCUT2D eigenvalue weighted by atomic mass is 9.87. The fourth-order valence-electron chi connectivity index (χ4n) is 3.93. The Morgan fingerprint density at radius 2 is 1.82 bits per heavy atom. The monoisotopic (exact) mass is 489 g/mol. The summed E-state index contributed by atoms with van der Waals surface area (Å²) in [6.45, 7) is 2.08. The number of allylic oxidation sites excluding steroid dienone is 2. The number of nitrogens with zero attached hydrogens (tertiary/aromatic N) is 1. The van der Waals surface area contributed by atoms with Crippen LogP contribution in [0.2, 0.25) is 10.0 Å². The number of benzene rings is 1. The summed E-state index contributed by atoms with van der Waals surface area (Å²) >= 11 is 12.1. The first-order chi connectivity index (χ1) is 15.8. The van der Waals surface area contributed by atoms with Crippen LogP contribution in [0, 0.1) is 5.92 Å². The van der Waals surface area contributed by atoms with Gasteiger partial charge >= 0.3 is 5.97 Å². The molecule has 1 aliphatic rings. The fourth-order valence-corrected chi connectivity index (χ4v) is 4.39. The molecule has 0 radical (unpaired) electrons. The second-order valence-corrected chi connectivity index (χ2v) is 8.86. The molecule has 1 heterocycles. The van der Waals surface area contributed by atoms with Crippen LogP contribution in [0.25, 0.3) is 0 Å². The number of pyridine rings is 1. The highest BCUT2D eigenvalue weighted by molar-refractivity contribution is 6.39. The van der Waals surface area contributed by atoms with Crippen molar-refractivity contribution in [2.24, 2.45) is 5.92 Å². The number of rotatable bonds is 9. The number of amides is 1. The van der Waals surface area contributed by atoms with Crippen LogP contribution in [0.5, 0.6) is 0 Å². The van der Waals surface area contributed by atoms with Gasteiger partial charge in [0.2, 0.25) is 0 Å². The summed E-state index contributed by atoms with van der Waals surface area (Å²) < 4.78 is 0. The molecule has 3 rings (SSSR count). The van der Waals surface area contributed by atoms with Crippen LogP contribution in [0.3, 0.4) is 0 Å². The van der Waals surface area contributed by atoms with Gasteiger partial charge in [-0.2, -0.15) is 0 Å². The van der Waals surface area contributed by atoms with Crippen molar-refractivity contribution in [3.63, 3.8) is 0 Å². The first kappa shape index (κ1) is 24.7. The average Bonchev–Trinajstić information content (AvgIpc) is 2.75. The number of carbonyl (C=O) groups is 3. The van der Waals surface area contributed by atoms with E-state index < -0.39 is 17.9 Å². The van der Waals surface area contributed by atoms with Gasteiger partial charge < -0.3 is 15.7 Å². The third kappa shape index (κ3) is 6.79. The minimum Gasteiger partial charge on any atom is -0.481 e. The van der Waals surface area contributed by atoms with E-state index in [2.05, 4.69) is 22.5 Å². The van der Waals surface area contributed by atoms with E-state index in [-0.39, 0.29) is 33.9 Å². The standard InChI is InChI=1S/C24H25Cl2N3O4/c1-2-3-14-8-17(10-18(30)9-14)28-21(11-22(31)32)15-4-6-16(7-5-15)24(33)29-23-19(25)12-27-13-20(23)26/h4-7,10,12-14,21,28H,2-3,8-9,11H2,1H3,(H,31,32)(H,27,29,33). The van der Waals surface area contributed by atoms with E-state index in [0.717, 1.165) is 18.5 Å². The van der Waals surface area contributed by atoms with Crippen molar-refractivity contribution in [1.29, 1.82) is 0 Å². The van der Waals surface area contributed by atoms with Crippen LogP contribution < -0.4 is 10.6 Å². The highest BCUT2D eigenvalue weighted by Gasteiger charge is 2.24. The van der Waals surface area contributed by atoms with E-state index >= 15 is 0 Å². The molecule has 174 valence electrons. The van der Waals surface area contributed by atoms with Crippen molar-refractivity contribution < 1.29 is 19.5 Å². The number of aromatic nitrogens is 1. The molecular weight excluding hydrogens is 465 g/mol. The highest BCUT2D eigenvalue weighted by atomic mass is 35.5. The summed E-state index contributed by atoms with van der Waals surface area (Å²) in [6, 6.07) is 6.05. The summed E-state index contributed by atoms with van der Waals surface area (Å²) in [7, 11) is 0. The van der Waals surface area contributed by atoms with Crippen LogP contribution in [-0.2, 0) is 9.59 Å². The molecule has 1 aliphatic carbocycles. The third-order valence-corrected chi connectivity index (χ3v) is 6.01. The number of ketones is 1. The lowest BCUT2D eigenvalue weighted by molar-refractivity contribution is -0.137. The van der Waals surface area contributed by atoms with Gasteiger partial charge in [0, 0.05) is 36.2 Å². The quantitative estimate of drug-likeness (QED) is 0.434. The third-order valence-electron chi connectivity index (χ3n) is 5.44. The topological polar surface area (TPSA) is 108 Å². The Kier molecular flexibility index (Phi) is 8.47. The number of anilines is 1. The Labute approximate surface area is 202 Å². The number of carboxylic acid groups (broad SMARTS) is 1. The second kappa shape index (κ2) is 11.3. The van der Waals surface area contributed by atoms with Crippen molar-refractivity contribution >= 4 is 46.5 Å². The number of hydrogen-bond acceptors (Lipinski definition) is 5. The van der Waals surface area contributed by atoms with Gasteiger partial charge in [-0.15, -0.1) is 0 Å². The maximum absolute atomic E-state index is 12.6. The Bertz CT molecular complexity index is 1050. The van der Waals surface area contributed by atoms with Crippen molar-refractivity contribution in [1.82, 2.24) is 10.3 Å².